The molecule has 2 rings (SSSR count). The zero-order chi connectivity index (χ0) is 7.52. The molecule has 0 N–H and O–H groups in total. The molecule has 1 saturated carbocycles. The molecule has 2 bridgehead atoms. The molecule has 1 heteroatoms. The summed E-state index contributed by atoms with van der Waals surface area (Å²) in [5.74, 6) is 1.04. The average Bonchev–Trinajstić information content (AvgIpc) is 2.11. The lowest BCUT2D eigenvalue weighted by Gasteiger charge is -2.14. The van der Waals surface area contributed by atoms with Crippen LogP contribution in [0.25, 0.3) is 0 Å². The number of nitrogens with zero attached hydrogens (tertiary/aromatic N) is 1. The molecule has 0 radical (unpaired) electrons. The predicted molar refractivity (Wildman–Crippen MR) is 48.1 cm³/mol. The van der Waals surface area contributed by atoms with Gasteiger partial charge in [0.2, 0.25) is 0 Å². The maximum atomic E-state index is 4.62. The van der Waals surface area contributed by atoms with Gasteiger partial charge in [0.25, 0.3) is 0 Å². The van der Waals surface area contributed by atoms with E-state index >= 15 is 0 Å². The molecule has 1 fully saturated rings. The first-order valence-corrected chi connectivity index (χ1v) is 4.97. The van der Waals surface area contributed by atoms with Crippen molar-refractivity contribution in [2.45, 2.75) is 44.9 Å². The summed E-state index contributed by atoms with van der Waals surface area (Å²) >= 11 is 0. The van der Waals surface area contributed by atoms with Crippen molar-refractivity contribution < 1.29 is 0 Å². The van der Waals surface area contributed by atoms with E-state index in [-0.39, 0.29) is 0 Å². The van der Waals surface area contributed by atoms with E-state index in [1.54, 1.807) is 0 Å². The van der Waals surface area contributed by atoms with E-state index in [9.17, 15) is 0 Å². The van der Waals surface area contributed by atoms with Gasteiger partial charge < -0.3 is 0 Å². The van der Waals surface area contributed by atoms with Crippen molar-refractivity contribution in [1.29, 1.82) is 0 Å². The van der Waals surface area contributed by atoms with E-state index < -0.39 is 0 Å². The molecular formula is C10H17N. The molecule has 0 spiro atoms. The fourth-order valence-corrected chi connectivity index (χ4v) is 2.30. The number of hydrogen-bond donors (Lipinski definition) is 0. The molecule has 2 aliphatic rings. The molecule has 0 aromatic rings. The standard InChI is InChI=1S/C10H17N/c1-3-9-4-2-8-11-10(5-1)7-6-9/h9H,1-8H2. The average molecular weight is 151 g/mol. The molecule has 11 heavy (non-hydrogen) atoms. The molecule has 1 nitrogen and oxygen atoms in total. The molecule has 1 atom stereocenters. The minimum atomic E-state index is 1.04. The van der Waals surface area contributed by atoms with Crippen molar-refractivity contribution in [1.82, 2.24) is 0 Å². The van der Waals surface area contributed by atoms with Crippen LogP contribution in [-0.4, -0.2) is 12.3 Å². The fourth-order valence-electron chi connectivity index (χ4n) is 2.30. The second kappa shape index (κ2) is 3.38. The van der Waals surface area contributed by atoms with Gasteiger partial charge in [-0.05, 0) is 44.4 Å². The van der Waals surface area contributed by atoms with Crippen LogP contribution in [0.3, 0.4) is 0 Å². The van der Waals surface area contributed by atoms with Crippen LogP contribution in [0.15, 0.2) is 4.99 Å². The predicted octanol–water partition coefficient (Wildman–Crippen LogP) is 2.80. The van der Waals surface area contributed by atoms with Gasteiger partial charge in [-0.25, -0.2) is 0 Å². The number of fused-ring (bicyclic) bond motifs is 3. The third-order valence-corrected chi connectivity index (χ3v) is 3.02. The lowest BCUT2D eigenvalue weighted by atomic mass is 9.94. The van der Waals surface area contributed by atoms with E-state index in [0.717, 1.165) is 12.5 Å². The molecule has 1 heterocycles. The Morgan fingerprint density at radius 2 is 1.91 bits per heavy atom. The molecule has 1 aliphatic carbocycles. The second-order valence-corrected chi connectivity index (χ2v) is 3.89. The van der Waals surface area contributed by atoms with Crippen LogP contribution >= 0.6 is 0 Å². The molecule has 1 unspecified atom stereocenters. The molecular weight excluding hydrogens is 134 g/mol. The normalized spacial score (nSPS) is 32.0. The van der Waals surface area contributed by atoms with Gasteiger partial charge in [0.1, 0.15) is 0 Å². The van der Waals surface area contributed by atoms with E-state index in [1.807, 2.05) is 0 Å². The zero-order valence-corrected chi connectivity index (χ0v) is 7.18. The van der Waals surface area contributed by atoms with Crippen molar-refractivity contribution in [3.8, 4) is 0 Å². The summed E-state index contributed by atoms with van der Waals surface area (Å²) in [5, 5.41) is 0. The van der Waals surface area contributed by atoms with Crippen molar-refractivity contribution in [2.24, 2.45) is 10.9 Å². The Hall–Kier alpha value is -0.330. The molecule has 0 aromatic carbocycles. The van der Waals surface area contributed by atoms with Crippen LogP contribution in [0.5, 0.6) is 0 Å². The highest BCUT2D eigenvalue weighted by Gasteiger charge is 2.16. The van der Waals surface area contributed by atoms with Gasteiger partial charge in [0, 0.05) is 12.3 Å². The number of hydrogen-bond acceptors (Lipinski definition) is 1. The Balaban J connectivity index is 2.09. The topological polar surface area (TPSA) is 12.4 Å². The second-order valence-electron chi connectivity index (χ2n) is 3.89. The molecule has 0 saturated heterocycles. The van der Waals surface area contributed by atoms with E-state index in [2.05, 4.69) is 4.99 Å². The zero-order valence-electron chi connectivity index (χ0n) is 7.18. The molecule has 1 aliphatic heterocycles. The minimum Gasteiger partial charge on any atom is -0.294 e. The summed E-state index contributed by atoms with van der Waals surface area (Å²) in [5.41, 5.74) is 1.52. The van der Waals surface area contributed by atoms with Crippen LogP contribution in [0.2, 0.25) is 0 Å². The SMILES string of the molecule is C1CN=C2CCCC(C1)CC2. The van der Waals surface area contributed by atoms with Gasteiger partial charge >= 0.3 is 0 Å². The summed E-state index contributed by atoms with van der Waals surface area (Å²) in [6.07, 6.45) is 9.70. The first kappa shape index (κ1) is 7.33. The smallest absolute Gasteiger partial charge is 0.0388 e. The Morgan fingerprint density at radius 3 is 2.91 bits per heavy atom. The quantitative estimate of drug-likeness (QED) is 0.505. The summed E-state index contributed by atoms with van der Waals surface area (Å²) in [4.78, 5) is 4.62. The summed E-state index contributed by atoms with van der Waals surface area (Å²) in [6, 6.07) is 0. The van der Waals surface area contributed by atoms with Gasteiger partial charge in [-0.15, -0.1) is 0 Å². The maximum absolute atomic E-state index is 4.62. The first-order valence-electron chi connectivity index (χ1n) is 4.97. The largest absolute Gasteiger partial charge is 0.294 e. The molecule has 0 amide bonds. The van der Waals surface area contributed by atoms with E-state index in [4.69, 9.17) is 0 Å². The number of aliphatic imine (C=N–C) groups is 1. The van der Waals surface area contributed by atoms with Gasteiger partial charge in [-0.3, -0.25) is 4.99 Å². The van der Waals surface area contributed by atoms with Crippen LogP contribution in [0.4, 0.5) is 0 Å². The third kappa shape index (κ3) is 1.82. The maximum Gasteiger partial charge on any atom is 0.0388 e. The minimum absolute atomic E-state index is 1.04. The van der Waals surface area contributed by atoms with Crippen LogP contribution in [-0.2, 0) is 0 Å². The van der Waals surface area contributed by atoms with Crippen LogP contribution in [0.1, 0.15) is 44.9 Å². The summed E-state index contributed by atoms with van der Waals surface area (Å²) in [6.45, 7) is 1.12. The highest BCUT2D eigenvalue weighted by atomic mass is 14.7. The van der Waals surface area contributed by atoms with Crippen molar-refractivity contribution in [3.63, 3.8) is 0 Å². The van der Waals surface area contributed by atoms with Crippen molar-refractivity contribution in [3.05, 3.63) is 0 Å². The van der Waals surface area contributed by atoms with E-state index in [0.29, 0.717) is 0 Å². The van der Waals surface area contributed by atoms with Crippen LogP contribution < -0.4 is 0 Å². The van der Waals surface area contributed by atoms with Crippen molar-refractivity contribution >= 4 is 5.71 Å². The Bertz CT molecular complexity index is 158. The van der Waals surface area contributed by atoms with E-state index in [1.165, 1.54) is 50.7 Å². The Morgan fingerprint density at radius 1 is 1.00 bits per heavy atom. The van der Waals surface area contributed by atoms with Gasteiger partial charge in [-0.1, -0.05) is 6.42 Å². The van der Waals surface area contributed by atoms with Crippen molar-refractivity contribution in [2.75, 3.05) is 6.54 Å². The monoisotopic (exact) mass is 151 g/mol. The highest BCUT2D eigenvalue weighted by Crippen LogP contribution is 2.27. The highest BCUT2D eigenvalue weighted by molar-refractivity contribution is 5.84. The Labute approximate surface area is 68.9 Å². The fraction of sp³-hybridized carbons (Fsp3) is 0.900. The first-order chi connectivity index (χ1) is 5.45. The lowest BCUT2D eigenvalue weighted by molar-refractivity contribution is 0.419. The van der Waals surface area contributed by atoms with Gasteiger partial charge in [0.15, 0.2) is 0 Å². The van der Waals surface area contributed by atoms with Gasteiger partial charge in [0.05, 0.1) is 0 Å². The molecule has 0 aromatic heterocycles. The van der Waals surface area contributed by atoms with Gasteiger partial charge in [-0.2, -0.15) is 0 Å². The Kier molecular flexibility index (Phi) is 2.25. The summed E-state index contributed by atoms with van der Waals surface area (Å²) in [7, 11) is 0. The lowest BCUT2D eigenvalue weighted by Crippen LogP contribution is -2.04. The third-order valence-electron chi connectivity index (χ3n) is 3.02. The summed E-state index contributed by atoms with van der Waals surface area (Å²) < 4.78 is 0. The molecule has 62 valence electrons. The number of rotatable bonds is 0. The van der Waals surface area contributed by atoms with Crippen LogP contribution in [0, 0.1) is 5.92 Å².